The summed E-state index contributed by atoms with van der Waals surface area (Å²) >= 11 is 3.71. The van der Waals surface area contributed by atoms with Crippen LogP contribution in [-0.4, -0.2) is 11.1 Å². The molecular weight excluding hydrogens is 386 g/mol. The van der Waals surface area contributed by atoms with Crippen LogP contribution in [-0.2, 0) is 6.54 Å². The minimum atomic E-state index is -0.518. The van der Waals surface area contributed by atoms with Gasteiger partial charge in [0.05, 0.1) is 6.10 Å². The summed E-state index contributed by atoms with van der Waals surface area (Å²) in [6.45, 7) is 2.71. The molecule has 0 heterocycles. The molecule has 0 aliphatic heterocycles. The zero-order valence-electron chi connectivity index (χ0n) is 13.4. The Bertz CT molecular complexity index is 794. The molecule has 0 saturated heterocycles. The van der Waals surface area contributed by atoms with Gasteiger partial charge in [-0.25, -0.2) is 0 Å². The van der Waals surface area contributed by atoms with Crippen molar-refractivity contribution in [3.8, 4) is 0 Å². The van der Waals surface area contributed by atoms with Crippen molar-refractivity contribution in [2.24, 2.45) is 0 Å². The van der Waals surface area contributed by atoms with Crippen LogP contribution in [0.3, 0.4) is 0 Å². The molecule has 4 heteroatoms. The molecule has 0 saturated carbocycles. The maximum Gasteiger partial charge on any atom is 0.0940 e. The van der Waals surface area contributed by atoms with Gasteiger partial charge in [0, 0.05) is 17.1 Å². The predicted molar refractivity (Wildman–Crippen MR) is 107 cm³/mol. The van der Waals surface area contributed by atoms with Gasteiger partial charge in [-0.15, -0.1) is 12.4 Å². The Labute approximate surface area is 157 Å². The number of nitrogens with one attached hydrogen (secondary N) is 1. The van der Waals surface area contributed by atoms with Gasteiger partial charge in [-0.3, -0.25) is 0 Å². The monoisotopic (exact) mass is 405 g/mol. The first-order chi connectivity index (χ1) is 11.2. The van der Waals surface area contributed by atoms with E-state index in [0.717, 1.165) is 10.0 Å². The van der Waals surface area contributed by atoms with Crippen LogP contribution in [0.2, 0.25) is 0 Å². The molecule has 0 aromatic heterocycles. The zero-order valence-corrected chi connectivity index (χ0v) is 15.8. The van der Waals surface area contributed by atoms with Crippen LogP contribution in [0.4, 0.5) is 0 Å². The Morgan fingerprint density at radius 2 is 1.62 bits per heavy atom. The third-order valence-electron chi connectivity index (χ3n) is 4.17. The number of benzene rings is 3. The van der Waals surface area contributed by atoms with Crippen LogP contribution in [0, 0.1) is 0 Å². The second-order valence-electron chi connectivity index (χ2n) is 5.78. The molecule has 2 unspecified atom stereocenters. The third kappa shape index (κ3) is 4.17. The van der Waals surface area contributed by atoms with Crippen LogP contribution in [0.1, 0.15) is 24.2 Å². The highest BCUT2D eigenvalue weighted by atomic mass is 79.9. The van der Waals surface area contributed by atoms with E-state index in [2.05, 4.69) is 45.5 Å². The van der Waals surface area contributed by atoms with Crippen molar-refractivity contribution >= 4 is 39.1 Å². The molecule has 2 N–H and O–H groups in total. The molecule has 0 bridgehead atoms. The van der Waals surface area contributed by atoms with Gasteiger partial charge in [-0.1, -0.05) is 66.7 Å². The molecule has 0 spiro atoms. The normalized spacial score (nSPS) is 13.3. The van der Waals surface area contributed by atoms with E-state index in [9.17, 15) is 5.11 Å². The lowest BCUT2D eigenvalue weighted by atomic mass is 10.0. The Kier molecular flexibility index (Phi) is 6.81. The highest BCUT2D eigenvalue weighted by molar-refractivity contribution is 9.10. The third-order valence-corrected chi connectivity index (χ3v) is 5.11. The largest absolute Gasteiger partial charge is 0.387 e. The lowest BCUT2D eigenvalue weighted by Crippen LogP contribution is -2.31. The van der Waals surface area contributed by atoms with Crippen molar-refractivity contribution in [1.29, 1.82) is 0 Å². The summed E-state index contributed by atoms with van der Waals surface area (Å²) in [7, 11) is 0. The Balaban J connectivity index is 0.00000208. The maximum atomic E-state index is 10.4. The second-order valence-corrected chi connectivity index (χ2v) is 6.58. The number of halogens is 2. The molecule has 0 aliphatic rings. The minimum absolute atomic E-state index is 0. The van der Waals surface area contributed by atoms with E-state index < -0.39 is 6.10 Å². The van der Waals surface area contributed by atoms with Gasteiger partial charge in [0.25, 0.3) is 0 Å². The van der Waals surface area contributed by atoms with Gasteiger partial charge in [-0.2, -0.15) is 0 Å². The first-order valence-corrected chi connectivity index (χ1v) is 8.58. The Morgan fingerprint density at radius 1 is 0.958 bits per heavy atom. The standard InChI is InChI=1S/C20H20BrNO.ClH/c1-14(20(23)16-8-3-2-4-9-16)22-13-17-12-11-15-7-5-6-10-18(15)19(17)21;/h2-12,14,20,22-23H,13H2,1H3;1H. The van der Waals surface area contributed by atoms with Crippen molar-refractivity contribution in [1.82, 2.24) is 5.32 Å². The van der Waals surface area contributed by atoms with E-state index in [1.807, 2.05) is 49.4 Å². The van der Waals surface area contributed by atoms with Crippen LogP contribution >= 0.6 is 28.3 Å². The summed E-state index contributed by atoms with van der Waals surface area (Å²) in [5.41, 5.74) is 2.13. The van der Waals surface area contributed by atoms with Gasteiger partial charge in [0.15, 0.2) is 0 Å². The molecule has 2 nitrogen and oxygen atoms in total. The quantitative estimate of drug-likeness (QED) is 0.607. The highest BCUT2D eigenvalue weighted by Gasteiger charge is 2.16. The minimum Gasteiger partial charge on any atom is -0.387 e. The average Bonchev–Trinajstić information content (AvgIpc) is 2.61. The molecule has 3 rings (SSSR count). The van der Waals surface area contributed by atoms with Crippen LogP contribution < -0.4 is 5.32 Å². The average molecular weight is 407 g/mol. The Hall–Kier alpha value is -1.39. The SMILES string of the molecule is CC(NCc1ccc2ccccc2c1Br)C(O)c1ccccc1.Cl. The fraction of sp³-hybridized carbons (Fsp3) is 0.200. The molecule has 0 fully saturated rings. The number of hydrogen-bond acceptors (Lipinski definition) is 2. The van der Waals surface area contributed by atoms with Crippen molar-refractivity contribution in [2.75, 3.05) is 0 Å². The summed E-state index contributed by atoms with van der Waals surface area (Å²) in [6, 6.07) is 22.3. The summed E-state index contributed by atoms with van der Waals surface area (Å²) in [6.07, 6.45) is -0.518. The van der Waals surface area contributed by atoms with E-state index >= 15 is 0 Å². The molecule has 0 radical (unpaired) electrons. The van der Waals surface area contributed by atoms with Crippen molar-refractivity contribution < 1.29 is 5.11 Å². The summed E-state index contributed by atoms with van der Waals surface area (Å²) in [5, 5.41) is 16.3. The fourth-order valence-corrected chi connectivity index (χ4v) is 3.37. The summed E-state index contributed by atoms with van der Waals surface area (Å²) in [5.74, 6) is 0. The lowest BCUT2D eigenvalue weighted by Gasteiger charge is -2.21. The Morgan fingerprint density at radius 3 is 2.38 bits per heavy atom. The van der Waals surface area contributed by atoms with Gasteiger partial charge in [0.1, 0.15) is 0 Å². The van der Waals surface area contributed by atoms with Gasteiger partial charge in [-0.05, 0) is 44.8 Å². The highest BCUT2D eigenvalue weighted by Crippen LogP contribution is 2.28. The first-order valence-electron chi connectivity index (χ1n) is 7.79. The molecule has 3 aromatic carbocycles. The van der Waals surface area contributed by atoms with Crippen molar-refractivity contribution in [3.63, 3.8) is 0 Å². The number of aliphatic hydroxyl groups is 1. The molecule has 2 atom stereocenters. The molecule has 126 valence electrons. The predicted octanol–water partition coefficient (Wildman–Crippen LogP) is 5.24. The van der Waals surface area contributed by atoms with Crippen LogP contribution in [0.15, 0.2) is 71.2 Å². The summed E-state index contributed by atoms with van der Waals surface area (Å²) in [4.78, 5) is 0. The maximum absolute atomic E-state index is 10.4. The van der Waals surface area contributed by atoms with E-state index in [1.54, 1.807) is 0 Å². The topological polar surface area (TPSA) is 32.3 Å². The molecule has 0 aliphatic carbocycles. The zero-order chi connectivity index (χ0) is 16.2. The first kappa shape index (κ1) is 18.9. The molecule has 3 aromatic rings. The number of fused-ring (bicyclic) bond motifs is 1. The van der Waals surface area contributed by atoms with E-state index in [-0.39, 0.29) is 18.4 Å². The number of aliphatic hydroxyl groups excluding tert-OH is 1. The van der Waals surface area contributed by atoms with E-state index in [4.69, 9.17) is 0 Å². The van der Waals surface area contributed by atoms with Crippen molar-refractivity contribution in [3.05, 3.63) is 82.3 Å². The fourth-order valence-electron chi connectivity index (χ4n) is 2.74. The van der Waals surface area contributed by atoms with Gasteiger partial charge in [0.2, 0.25) is 0 Å². The molecular formula is C20H21BrClNO. The molecule has 0 amide bonds. The van der Waals surface area contributed by atoms with Gasteiger partial charge < -0.3 is 10.4 Å². The van der Waals surface area contributed by atoms with Crippen LogP contribution in [0.25, 0.3) is 10.8 Å². The van der Waals surface area contributed by atoms with E-state index in [0.29, 0.717) is 6.54 Å². The smallest absolute Gasteiger partial charge is 0.0940 e. The lowest BCUT2D eigenvalue weighted by molar-refractivity contribution is 0.135. The van der Waals surface area contributed by atoms with Crippen LogP contribution in [0.5, 0.6) is 0 Å². The molecule has 24 heavy (non-hydrogen) atoms. The number of rotatable bonds is 5. The summed E-state index contributed by atoms with van der Waals surface area (Å²) < 4.78 is 1.12. The second kappa shape index (κ2) is 8.63. The van der Waals surface area contributed by atoms with Gasteiger partial charge >= 0.3 is 0 Å². The van der Waals surface area contributed by atoms with Crippen molar-refractivity contribution in [2.45, 2.75) is 25.6 Å². The van der Waals surface area contributed by atoms with E-state index in [1.165, 1.54) is 16.3 Å². The number of hydrogen-bond donors (Lipinski definition) is 2.